The SMILES string of the molecule is O=CCCCCCCCC#Cc1cccc2c1CN(C1CCC(Oc3ccccc3)NC1Oc1ccccc1)C2(Oc1ccccc1)Oc1ccccc1. The average Bonchev–Trinajstić information content (AvgIpc) is 3.52. The zero-order chi connectivity index (χ0) is 36.8. The predicted octanol–water partition coefficient (Wildman–Crippen LogP) is 9.61. The minimum Gasteiger partial charge on any atom is -0.475 e. The molecule has 0 aliphatic carbocycles. The lowest BCUT2D eigenvalue weighted by atomic mass is 10.0. The van der Waals surface area contributed by atoms with Gasteiger partial charge in [-0.2, -0.15) is 0 Å². The number of fused-ring (bicyclic) bond motifs is 1. The molecule has 0 spiro atoms. The first kappa shape index (κ1) is 36.8. The molecule has 0 radical (unpaired) electrons. The summed E-state index contributed by atoms with van der Waals surface area (Å²) in [7, 11) is 0. The molecule has 276 valence electrons. The highest BCUT2D eigenvalue weighted by Gasteiger charge is 2.56. The van der Waals surface area contributed by atoms with Crippen LogP contribution in [0.5, 0.6) is 23.0 Å². The van der Waals surface area contributed by atoms with Crippen LogP contribution >= 0.6 is 0 Å². The predicted molar refractivity (Wildman–Crippen MR) is 211 cm³/mol. The molecule has 1 fully saturated rings. The van der Waals surface area contributed by atoms with Crippen molar-refractivity contribution in [1.29, 1.82) is 0 Å². The van der Waals surface area contributed by atoms with Gasteiger partial charge >= 0.3 is 5.91 Å². The number of nitrogens with one attached hydrogen (secondary N) is 1. The van der Waals surface area contributed by atoms with Crippen LogP contribution < -0.4 is 24.3 Å². The molecule has 0 saturated carbocycles. The summed E-state index contributed by atoms with van der Waals surface area (Å²) in [4.78, 5) is 12.9. The Kier molecular flexibility index (Phi) is 12.6. The van der Waals surface area contributed by atoms with Crippen LogP contribution in [0.1, 0.15) is 74.5 Å². The molecule has 1 N–H and O–H groups in total. The van der Waals surface area contributed by atoms with E-state index >= 15 is 0 Å². The van der Waals surface area contributed by atoms with Crippen molar-refractivity contribution in [3.63, 3.8) is 0 Å². The number of unbranched alkanes of at least 4 members (excludes halogenated alkanes) is 6. The van der Waals surface area contributed by atoms with Crippen molar-refractivity contribution >= 4 is 6.29 Å². The molecular formula is C47H48N2O5. The van der Waals surface area contributed by atoms with Crippen LogP contribution in [-0.2, 0) is 17.3 Å². The second-order valence-electron chi connectivity index (χ2n) is 13.7. The number of rotatable bonds is 16. The molecule has 3 atom stereocenters. The summed E-state index contributed by atoms with van der Waals surface area (Å²) < 4.78 is 27.6. The summed E-state index contributed by atoms with van der Waals surface area (Å²) in [5, 5.41) is 3.71. The topological polar surface area (TPSA) is 69.3 Å². The Morgan fingerprint density at radius 3 is 1.85 bits per heavy atom. The highest BCUT2D eigenvalue weighted by atomic mass is 16.7. The highest BCUT2D eigenvalue weighted by molar-refractivity contribution is 5.51. The lowest BCUT2D eigenvalue weighted by Crippen LogP contribution is -2.65. The molecular weight excluding hydrogens is 673 g/mol. The number of para-hydroxylation sites is 4. The van der Waals surface area contributed by atoms with Gasteiger partial charge in [-0.3, -0.25) is 0 Å². The quantitative estimate of drug-likeness (QED) is 0.0471. The van der Waals surface area contributed by atoms with Crippen molar-refractivity contribution in [2.75, 3.05) is 0 Å². The number of nitrogens with zero attached hydrogens (tertiary/aromatic N) is 1. The van der Waals surface area contributed by atoms with Crippen molar-refractivity contribution in [2.45, 2.75) is 88.7 Å². The van der Waals surface area contributed by atoms with Gasteiger partial charge < -0.3 is 23.7 Å². The molecule has 0 amide bonds. The Hall–Kier alpha value is -5.55. The van der Waals surface area contributed by atoms with E-state index < -0.39 is 12.1 Å². The number of benzene rings is 5. The number of hydrogen-bond donors (Lipinski definition) is 1. The van der Waals surface area contributed by atoms with Crippen LogP contribution in [0.25, 0.3) is 0 Å². The number of aldehydes is 1. The standard InChI is InChI=1S/C47H48N2O5/c50-35-20-6-4-2-1-3-5-11-22-37-23-21-32-43-42(37)36-49(47(43,53-40-28-16-9-17-29-40)54-41-30-18-10-19-31-41)44-33-34-45(51-38-24-12-7-13-25-38)48-46(44)52-39-26-14-8-15-27-39/h7-10,12-19,21,23-32,35,44-46,48H,1-6,20,33-34,36H2. The maximum absolute atomic E-state index is 10.6. The lowest BCUT2D eigenvalue weighted by Gasteiger charge is -2.47. The van der Waals surface area contributed by atoms with Gasteiger partial charge in [0.1, 0.15) is 29.3 Å². The zero-order valence-electron chi connectivity index (χ0n) is 30.6. The monoisotopic (exact) mass is 720 g/mol. The minimum atomic E-state index is -1.35. The van der Waals surface area contributed by atoms with Crippen molar-refractivity contribution in [1.82, 2.24) is 10.2 Å². The van der Waals surface area contributed by atoms with Gasteiger partial charge in [0.25, 0.3) is 0 Å². The molecule has 0 bridgehead atoms. The number of carbonyl (C=O) groups excluding carboxylic acids is 1. The van der Waals surface area contributed by atoms with E-state index in [9.17, 15) is 4.79 Å². The van der Waals surface area contributed by atoms with Gasteiger partial charge in [-0.25, -0.2) is 10.2 Å². The van der Waals surface area contributed by atoms with E-state index in [1.54, 1.807) is 0 Å². The van der Waals surface area contributed by atoms with Gasteiger partial charge in [0.2, 0.25) is 0 Å². The van der Waals surface area contributed by atoms with Crippen molar-refractivity contribution in [3.05, 3.63) is 156 Å². The molecule has 5 aromatic rings. The molecule has 1 saturated heterocycles. The maximum Gasteiger partial charge on any atom is 0.345 e. The Bertz CT molecular complexity index is 1920. The Morgan fingerprint density at radius 1 is 0.648 bits per heavy atom. The van der Waals surface area contributed by atoms with Crippen LogP contribution in [0.4, 0.5) is 0 Å². The molecule has 3 unspecified atom stereocenters. The second kappa shape index (κ2) is 18.5. The average molecular weight is 721 g/mol. The van der Waals surface area contributed by atoms with E-state index in [-0.39, 0.29) is 12.3 Å². The fourth-order valence-electron chi connectivity index (χ4n) is 7.29. The van der Waals surface area contributed by atoms with Crippen molar-refractivity contribution in [3.8, 4) is 34.8 Å². The van der Waals surface area contributed by atoms with Gasteiger partial charge in [-0.15, -0.1) is 0 Å². The fraction of sp³-hybridized carbons (Fsp3) is 0.298. The van der Waals surface area contributed by atoms with Crippen LogP contribution in [0, 0.1) is 11.8 Å². The van der Waals surface area contributed by atoms with E-state index in [1.165, 1.54) is 0 Å². The van der Waals surface area contributed by atoms with Gasteiger partial charge in [0.05, 0.1) is 11.6 Å². The Labute approximate surface area is 319 Å². The molecule has 2 heterocycles. The van der Waals surface area contributed by atoms with Gasteiger partial charge in [-0.05, 0) is 91.9 Å². The molecule has 2 aliphatic heterocycles. The number of hydrogen-bond acceptors (Lipinski definition) is 7. The number of piperidine rings is 1. The molecule has 2 aliphatic rings. The molecule has 5 aromatic carbocycles. The summed E-state index contributed by atoms with van der Waals surface area (Å²) in [5.74, 6) is 8.57. The normalized spacial score (nSPS) is 18.8. The van der Waals surface area contributed by atoms with Crippen LogP contribution in [0.2, 0.25) is 0 Å². The first-order chi connectivity index (χ1) is 26.7. The summed E-state index contributed by atoms with van der Waals surface area (Å²) in [6.07, 6.45) is 8.51. The summed E-state index contributed by atoms with van der Waals surface area (Å²) >= 11 is 0. The number of carbonyl (C=O) groups is 1. The van der Waals surface area contributed by atoms with Crippen molar-refractivity contribution < 1.29 is 23.7 Å². The first-order valence-electron chi connectivity index (χ1n) is 19.2. The van der Waals surface area contributed by atoms with Crippen LogP contribution in [0.15, 0.2) is 140 Å². The smallest absolute Gasteiger partial charge is 0.345 e. The first-order valence-corrected chi connectivity index (χ1v) is 19.2. The molecule has 7 heteroatoms. The van der Waals surface area contributed by atoms with E-state index in [1.807, 2.05) is 121 Å². The van der Waals surface area contributed by atoms with Crippen LogP contribution in [-0.4, -0.2) is 29.7 Å². The minimum absolute atomic E-state index is 0.208. The molecule has 7 nitrogen and oxygen atoms in total. The second-order valence-corrected chi connectivity index (χ2v) is 13.7. The van der Waals surface area contributed by atoms with Gasteiger partial charge in [0.15, 0.2) is 12.5 Å². The summed E-state index contributed by atoms with van der Waals surface area (Å²) in [6.45, 7) is 0.530. The van der Waals surface area contributed by atoms with Crippen LogP contribution in [0.3, 0.4) is 0 Å². The Morgan fingerprint density at radius 2 is 1.22 bits per heavy atom. The third-order valence-electron chi connectivity index (χ3n) is 9.92. The van der Waals surface area contributed by atoms with Gasteiger partial charge in [-0.1, -0.05) is 110 Å². The third-order valence-corrected chi connectivity index (χ3v) is 9.92. The third kappa shape index (κ3) is 9.14. The van der Waals surface area contributed by atoms with E-state index in [0.717, 1.165) is 85.8 Å². The highest BCUT2D eigenvalue weighted by Crippen LogP contribution is 2.46. The largest absolute Gasteiger partial charge is 0.475 e. The van der Waals surface area contributed by atoms with E-state index in [2.05, 4.69) is 40.3 Å². The maximum atomic E-state index is 10.6. The fourth-order valence-corrected chi connectivity index (χ4v) is 7.29. The zero-order valence-corrected chi connectivity index (χ0v) is 30.6. The van der Waals surface area contributed by atoms with E-state index in [4.69, 9.17) is 18.9 Å². The Balaban J connectivity index is 1.25. The van der Waals surface area contributed by atoms with E-state index in [0.29, 0.717) is 24.5 Å². The molecule has 54 heavy (non-hydrogen) atoms. The van der Waals surface area contributed by atoms with Crippen molar-refractivity contribution in [2.24, 2.45) is 0 Å². The summed E-state index contributed by atoms with van der Waals surface area (Å²) in [5.41, 5.74) is 2.96. The lowest BCUT2D eigenvalue weighted by molar-refractivity contribution is -0.254. The summed E-state index contributed by atoms with van der Waals surface area (Å²) in [6, 6.07) is 45.6. The molecule has 7 rings (SSSR count). The molecule has 0 aromatic heterocycles. The van der Waals surface area contributed by atoms with Gasteiger partial charge in [0, 0.05) is 24.9 Å². The number of ether oxygens (including phenoxy) is 4.